The van der Waals surface area contributed by atoms with Crippen LogP contribution in [-0.2, 0) is 22.6 Å². The van der Waals surface area contributed by atoms with Crippen LogP contribution in [0.2, 0.25) is 0 Å². The Kier molecular flexibility index (Phi) is 6.89. The van der Waals surface area contributed by atoms with Crippen molar-refractivity contribution in [3.8, 4) is 17.2 Å². The van der Waals surface area contributed by atoms with E-state index in [0.29, 0.717) is 31.4 Å². The zero-order valence-electron chi connectivity index (χ0n) is 19.8. The van der Waals surface area contributed by atoms with Crippen LogP contribution in [0.1, 0.15) is 24.0 Å². The number of likely N-dealkylation sites (tertiary alicyclic amines) is 1. The van der Waals surface area contributed by atoms with Crippen molar-refractivity contribution in [2.45, 2.75) is 25.9 Å². The third kappa shape index (κ3) is 5.35. The van der Waals surface area contributed by atoms with Crippen LogP contribution in [0.25, 0.3) is 0 Å². The van der Waals surface area contributed by atoms with Crippen molar-refractivity contribution in [2.24, 2.45) is 5.92 Å². The van der Waals surface area contributed by atoms with Crippen LogP contribution in [0.5, 0.6) is 17.2 Å². The lowest BCUT2D eigenvalue weighted by atomic mass is 9.90. The largest absolute Gasteiger partial charge is 0.489 e. The molecule has 0 aliphatic carbocycles. The van der Waals surface area contributed by atoms with Crippen molar-refractivity contribution >= 4 is 11.9 Å². The molecule has 36 heavy (non-hydrogen) atoms. The number of fused-ring (bicyclic) bond motifs is 1. The summed E-state index contributed by atoms with van der Waals surface area (Å²) in [5.41, 5.74) is 2.29. The molecule has 5 rings (SSSR count). The van der Waals surface area contributed by atoms with E-state index in [1.807, 2.05) is 48.5 Å². The average Bonchev–Trinajstić information content (AvgIpc) is 2.92. The number of carboxylic acids is 1. The summed E-state index contributed by atoms with van der Waals surface area (Å²) < 4.78 is 17.3. The highest BCUT2D eigenvalue weighted by Gasteiger charge is 2.35. The molecule has 1 saturated heterocycles. The number of aliphatic carboxylic acids is 1. The van der Waals surface area contributed by atoms with Crippen molar-refractivity contribution < 1.29 is 28.9 Å². The molecular weight excluding hydrogens is 458 g/mol. The van der Waals surface area contributed by atoms with Gasteiger partial charge >= 0.3 is 5.97 Å². The van der Waals surface area contributed by atoms with E-state index < -0.39 is 17.6 Å². The maximum Gasteiger partial charge on any atom is 0.376 e. The number of hydrogen-bond donors (Lipinski definition) is 1. The predicted octanol–water partition coefficient (Wildman–Crippen LogP) is 4.81. The number of hydrogen-bond acceptors (Lipinski definition) is 5. The molecule has 0 aromatic heterocycles. The van der Waals surface area contributed by atoms with Gasteiger partial charge in [0.2, 0.25) is 5.76 Å². The fraction of sp³-hybridized carbons (Fsp3) is 0.241. The molecule has 0 bridgehead atoms. The van der Waals surface area contributed by atoms with E-state index >= 15 is 0 Å². The Labute approximate surface area is 209 Å². The molecule has 2 aliphatic rings. The molecule has 7 heteroatoms. The summed E-state index contributed by atoms with van der Waals surface area (Å²) in [6.07, 6.45) is 2.64. The Morgan fingerprint density at radius 1 is 0.833 bits per heavy atom. The summed E-state index contributed by atoms with van der Waals surface area (Å²) in [6, 6.07) is 24.9. The minimum atomic E-state index is -1.35. The molecule has 2 heterocycles. The summed E-state index contributed by atoms with van der Waals surface area (Å²) in [5, 5.41) is 9.69. The predicted molar refractivity (Wildman–Crippen MR) is 133 cm³/mol. The quantitative estimate of drug-likeness (QED) is 0.517. The number of benzene rings is 3. The maximum absolute atomic E-state index is 13.3. The average molecular weight is 486 g/mol. The van der Waals surface area contributed by atoms with E-state index in [9.17, 15) is 14.7 Å². The van der Waals surface area contributed by atoms with E-state index in [2.05, 4.69) is 12.1 Å². The number of carbonyl (C=O) groups excluding carboxylic acids is 1. The second kappa shape index (κ2) is 10.6. The van der Waals surface area contributed by atoms with Gasteiger partial charge in [-0.15, -0.1) is 0 Å². The minimum absolute atomic E-state index is 0.220. The summed E-state index contributed by atoms with van der Waals surface area (Å²) >= 11 is 0. The van der Waals surface area contributed by atoms with Gasteiger partial charge in [0.1, 0.15) is 12.4 Å². The SMILES string of the molecule is O=C(O)C1=C(C(=O)N2CCC(Cc3ccccc3)CC2)Oc2cc(OCc3ccccc3)ccc2O1. The van der Waals surface area contributed by atoms with E-state index in [-0.39, 0.29) is 17.3 Å². The van der Waals surface area contributed by atoms with Gasteiger partial charge in [-0.25, -0.2) is 4.79 Å². The summed E-state index contributed by atoms with van der Waals surface area (Å²) in [4.78, 5) is 26.8. The van der Waals surface area contributed by atoms with Gasteiger partial charge in [-0.05, 0) is 48.4 Å². The fourth-order valence-electron chi connectivity index (χ4n) is 4.51. The van der Waals surface area contributed by atoms with Crippen molar-refractivity contribution in [1.29, 1.82) is 0 Å². The first-order valence-electron chi connectivity index (χ1n) is 12.0. The standard InChI is InChI=1S/C29H27NO6/c31-28(30-15-13-21(14-16-30)17-20-7-3-1-4-8-20)26-27(29(32)33)35-24-12-11-23(18-25(24)36-26)34-19-22-9-5-2-6-10-22/h1-12,18,21H,13-17,19H2,(H,32,33). The Morgan fingerprint density at radius 2 is 1.47 bits per heavy atom. The lowest BCUT2D eigenvalue weighted by molar-refractivity contribution is -0.138. The van der Waals surface area contributed by atoms with Gasteiger partial charge < -0.3 is 24.2 Å². The smallest absolute Gasteiger partial charge is 0.376 e. The van der Waals surface area contributed by atoms with Crippen molar-refractivity contribution in [3.63, 3.8) is 0 Å². The minimum Gasteiger partial charge on any atom is -0.489 e. The van der Waals surface area contributed by atoms with Crippen molar-refractivity contribution in [1.82, 2.24) is 4.90 Å². The molecule has 1 N–H and O–H groups in total. The highest BCUT2D eigenvalue weighted by molar-refractivity contribution is 6.00. The van der Waals surface area contributed by atoms with Gasteiger partial charge in [-0.3, -0.25) is 4.79 Å². The van der Waals surface area contributed by atoms with Gasteiger partial charge in [0, 0.05) is 19.2 Å². The maximum atomic E-state index is 13.3. The van der Waals surface area contributed by atoms with E-state index in [0.717, 1.165) is 24.8 Å². The number of piperidine rings is 1. The molecule has 7 nitrogen and oxygen atoms in total. The summed E-state index contributed by atoms with van der Waals surface area (Å²) in [7, 11) is 0. The topological polar surface area (TPSA) is 85.3 Å². The van der Waals surface area contributed by atoms with Crippen LogP contribution in [0.15, 0.2) is 90.4 Å². The van der Waals surface area contributed by atoms with Crippen LogP contribution >= 0.6 is 0 Å². The third-order valence-corrected chi connectivity index (χ3v) is 6.45. The molecule has 1 fully saturated rings. The zero-order chi connectivity index (χ0) is 24.9. The highest BCUT2D eigenvalue weighted by Crippen LogP contribution is 2.39. The monoisotopic (exact) mass is 485 g/mol. The summed E-state index contributed by atoms with van der Waals surface area (Å²) in [5.74, 6) is -1.19. The zero-order valence-corrected chi connectivity index (χ0v) is 19.8. The van der Waals surface area contributed by atoms with Crippen LogP contribution in [0.3, 0.4) is 0 Å². The molecule has 0 unspecified atom stereocenters. The van der Waals surface area contributed by atoms with Gasteiger partial charge in [-0.1, -0.05) is 60.7 Å². The number of amides is 1. The first-order chi connectivity index (χ1) is 17.6. The third-order valence-electron chi connectivity index (χ3n) is 6.45. The van der Waals surface area contributed by atoms with Gasteiger partial charge in [0.25, 0.3) is 11.7 Å². The highest BCUT2D eigenvalue weighted by atomic mass is 16.6. The van der Waals surface area contributed by atoms with Crippen LogP contribution in [0.4, 0.5) is 0 Å². The number of rotatable bonds is 7. The first kappa shape index (κ1) is 23.5. The Bertz CT molecular complexity index is 1260. The molecule has 184 valence electrons. The Balaban J connectivity index is 1.26. The molecule has 0 saturated carbocycles. The second-order valence-corrected chi connectivity index (χ2v) is 8.98. The number of ether oxygens (including phenoxy) is 3. The Morgan fingerprint density at radius 3 is 2.14 bits per heavy atom. The molecule has 0 atom stereocenters. The van der Waals surface area contributed by atoms with Gasteiger partial charge in [-0.2, -0.15) is 0 Å². The van der Waals surface area contributed by atoms with Gasteiger partial charge in [0.15, 0.2) is 11.5 Å². The van der Waals surface area contributed by atoms with E-state index in [4.69, 9.17) is 14.2 Å². The van der Waals surface area contributed by atoms with Gasteiger partial charge in [0.05, 0.1) is 0 Å². The second-order valence-electron chi connectivity index (χ2n) is 8.98. The molecule has 1 amide bonds. The van der Waals surface area contributed by atoms with E-state index in [1.165, 1.54) is 5.56 Å². The lowest BCUT2D eigenvalue weighted by Crippen LogP contribution is -2.42. The molecule has 3 aromatic carbocycles. The number of carboxylic acid groups (broad SMARTS) is 1. The normalized spacial score (nSPS) is 15.5. The van der Waals surface area contributed by atoms with Crippen molar-refractivity contribution in [3.05, 3.63) is 102 Å². The number of nitrogens with zero attached hydrogens (tertiary/aromatic N) is 1. The van der Waals surface area contributed by atoms with Crippen LogP contribution in [-0.4, -0.2) is 35.0 Å². The van der Waals surface area contributed by atoms with Crippen molar-refractivity contribution in [2.75, 3.05) is 13.1 Å². The van der Waals surface area contributed by atoms with E-state index in [1.54, 1.807) is 23.1 Å². The number of carbonyl (C=O) groups is 2. The molecule has 0 radical (unpaired) electrons. The first-order valence-corrected chi connectivity index (χ1v) is 12.0. The molecular formula is C29H27NO6. The fourth-order valence-corrected chi connectivity index (χ4v) is 4.51. The molecule has 2 aliphatic heterocycles. The molecule has 3 aromatic rings. The van der Waals surface area contributed by atoms with Crippen LogP contribution < -0.4 is 14.2 Å². The lowest BCUT2D eigenvalue weighted by Gasteiger charge is -2.33. The molecule has 0 spiro atoms. The summed E-state index contributed by atoms with van der Waals surface area (Å²) in [6.45, 7) is 1.42. The Hall–Kier alpha value is -4.26. The van der Waals surface area contributed by atoms with Crippen LogP contribution in [0, 0.1) is 5.92 Å².